The number of aliphatic imine (C=N–C) groups is 1. The largest absolute Gasteiger partial charge is 0.467 e. The number of aromatic nitrogens is 1. The van der Waals surface area contributed by atoms with Crippen molar-refractivity contribution in [2.24, 2.45) is 4.99 Å². The Bertz CT molecular complexity index is 846. The summed E-state index contributed by atoms with van der Waals surface area (Å²) in [5.41, 5.74) is 3.67. The monoisotopic (exact) mass is 297 g/mol. The van der Waals surface area contributed by atoms with Crippen LogP contribution in [0.2, 0.25) is 0 Å². The molecule has 106 valence electrons. The lowest BCUT2D eigenvalue weighted by molar-refractivity contribution is 0.503. The van der Waals surface area contributed by atoms with Gasteiger partial charge in [-0.05, 0) is 37.6 Å². The van der Waals surface area contributed by atoms with Gasteiger partial charge in [0, 0.05) is 16.6 Å². The molecule has 0 fully saturated rings. The van der Waals surface area contributed by atoms with Crippen molar-refractivity contribution in [2.45, 2.75) is 26.9 Å². The minimum atomic E-state index is 0.658. The summed E-state index contributed by atoms with van der Waals surface area (Å²) in [6.45, 7) is 5.59. The summed E-state index contributed by atoms with van der Waals surface area (Å²) in [7, 11) is 0. The molecule has 0 aromatic carbocycles. The third-order valence-corrected chi connectivity index (χ3v) is 4.84. The highest BCUT2D eigenvalue weighted by Crippen LogP contribution is 2.36. The lowest BCUT2D eigenvalue weighted by Crippen LogP contribution is -2.21. The molecule has 4 heterocycles. The van der Waals surface area contributed by atoms with Gasteiger partial charge in [-0.15, -0.1) is 11.3 Å². The van der Waals surface area contributed by atoms with Crippen molar-refractivity contribution < 1.29 is 4.42 Å². The minimum absolute atomic E-state index is 0.658. The predicted molar refractivity (Wildman–Crippen MR) is 84.9 cm³/mol. The van der Waals surface area contributed by atoms with Crippen LogP contribution >= 0.6 is 11.3 Å². The Labute approximate surface area is 126 Å². The van der Waals surface area contributed by atoms with E-state index >= 15 is 0 Å². The van der Waals surface area contributed by atoms with E-state index in [2.05, 4.69) is 28.3 Å². The van der Waals surface area contributed by atoms with Gasteiger partial charge in [0.25, 0.3) is 0 Å². The first-order chi connectivity index (χ1) is 10.2. The number of pyridine rings is 1. The SMILES string of the molecule is Cc1cc(C)c2c3c(sc2n1)C(NCc1ccco1)=NC3. The summed E-state index contributed by atoms with van der Waals surface area (Å²) < 4.78 is 5.35. The van der Waals surface area contributed by atoms with Crippen molar-refractivity contribution in [2.75, 3.05) is 0 Å². The van der Waals surface area contributed by atoms with Crippen LogP contribution in [0.5, 0.6) is 0 Å². The molecule has 21 heavy (non-hydrogen) atoms. The van der Waals surface area contributed by atoms with E-state index in [1.807, 2.05) is 19.1 Å². The first kappa shape index (κ1) is 12.6. The quantitative estimate of drug-likeness (QED) is 0.787. The highest BCUT2D eigenvalue weighted by atomic mass is 32.1. The second-order valence-electron chi connectivity index (χ2n) is 5.27. The van der Waals surface area contributed by atoms with Gasteiger partial charge in [0.15, 0.2) is 0 Å². The number of hydrogen-bond donors (Lipinski definition) is 1. The Balaban J connectivity index is 1.69. The fourth-order valence-corrected chi connectivity index (χ4v) is 4.10. The standard InChI is InChI=1S/C16H15N3OS/c1-9-6-10(2)19-16-13(9)12-8-18-15(14(12)21-16)17-7-11-4-3-5-20-11/h3-6H,7-8H2,1-2H3,(H,17,18). The zero-order valence-electron chi connectivity index (χ0n) is 11.9. The molecule has 1 N–H and O–H groups in total. The van der Waals surface area contributed by atoms with Crippen LogP contribution in [0, 0.1) is 13.8 Å². The van der Waals surface area contributed by atoms with Crippen LogP contribution in [0.3, 0.4) is 0 Å². The third kappa shape index (κ3) is 2.05. The molecule has 0 aliphatic carbocycles. The molecule has 1 aliphatic rings. The highest BCUT2D eigenvalue weighted by Gasteiger charge is 2.23. The minimum Gasteiger partial charge on any atom is -0.467 e. The summed E-state index contributed by atoms with van der Waals surface area (Å²) in [6.07, 6.45) is 1.69. The smallest absolute Gasteiger partial charge is 0.139 e. The Morgan fingerprint density at radius 2 is 2.29 bits per heavy atom. The van der Waals surface area contributed by atoms with E-state index in [-0.39, 0.29) is 0 Å². The van der Waals surface area contributed by atoms with Crippen LogP contribution in [0.1, 0.15) is 27.5 Å². The molecule has 0 spiro atoms. The van der Waals surface area contributed by atoms with Gasteiger partial charge in [0.05, 0.1) is 24.2 Å². The van der Waals surface area contributed by atoms with E-state index < -0.39 is 0 Å². The summed E-state index contributed by atoms with van der Waals surface area (Å²) in [5.74, 6) is 1.87. The van der Waals surface area contributed by atoms with Crippen molar-refractivity contribution >= 4 is 27.4 Å². The number of amidine groups is 1. The lowest BCUT2D eigenvalue weighted by Gasteiger charge is -2.02. The maximum atomic E-state index is 5.35. The van der Waals surface area contributed by atoms with Crippen molar-refractivity contribution in [1.82, 2.24) is 10.3 Å². The highest BCUT2D eigenvalue weighted by molar-refractivity contribution is 7.20. The zero-order chi connectivity index (χ0) is 14.4. The Morgan fingerprint density at radius 3 is 3.10 bits per heavy atom. The van der Waals surface area contributed by atoms with Gasteiger partial charge < -0.3 is 9.73 Å². The average molecular weight is 297 g/mol. The summed E-state index contributed by atoms with van der Waals surface area (Å²) >= 11 is 1.73. The topological polar surface area (TPSA) is 50.4 Å². The van der Waals surface area contributed by atoms with Crippen molar-refractivity contribution in [3.05, 3.63) is 51.9 Å². The van der Waals surface area contributed by atoms with Crippen LogP contribution in [-0.4, -0.2) is 10.8 Å². The second-order valence-corrected chi connectivity index (χ2v) is 6.27. The number of thiophene rings is 1. The van der Waals surface area contributed by atoms with Crippen molar-refractivity contribution in [3.8, 4) is 0 Å². The van der Waals surface area contributed by atoms with Gasteiger partial charge in [-0.3, -0.25) is 4.99 Å². The molecular formula is C16H15N3OS. The lowest BCUT2D eigenvalue weighted by atomic mass is 10.1. The van der Waals surface area contributed by atoms with E-state index in [0.29, 0.717) is 6.54 Å². The van der Waals surface area contributed by atoms with E-state index in [4.69, 9.17) is 4.42 Å². The fraction of sp³-hybridized carbons (Fsp3) is 0.250. The third-order valence-electron chi connectivity index (χ3n) is 3.71. The summed E-state index contributed by atoms with van der Waals surface area (Å²) in [6, 6.07) is 6.00. The Hall–Kier alpha value is -2.14. The van der Waals surface area contributed by atoms with Crippen LogP contribution in [0.4, 0.5) is 0 Å². The average Bonchev–Trinajstić information content (AvgIpc) is 3.11. The summed E-state index contributed by atoms with van der Waals surface area (Å²) in [5, 5.41) is 4.65. The van der Waals surface area contributed by atoms with Gasteiger partial charge in [-0.1, -0.05) is 0 Å². The molecule has 3 aromatic heterocycles. The molecule has 0 amide bonds. The van der Waals surface area contributed by atoms with Gasteiger partial charge >= 0.3 is 0 Å². The number of fused-ring (bicyclic) bond motifs is 3. The molecule has 0 radical (unpaired) electrons. The number of aryl methyl sites for hydroxylation is 2. The van der Waals surface area contributed by atoms with Crippen molar-refractivity contribution in [1.29, 1.82) is 0 Å². The fourth-order valence-electron chi connectivity index (χ4n) is 2.81. The Morgan fingerprint density at radius 1 is 1.38 bits per heavy atom. The van der Waals surface area contributed by atoms with Crippen LogP contribution in [0.25, 0.3) is 10.2 Å². The van der Waals surface area contributed by atoms with Gasteiger partial charge in [0.2, 0.25) is 0 Å². The number of nitrogens with one attached hydrogen (secondary N) is 1. The maximum absolute atomic E-state index is 5.35. The van der Waals surface area contributed by atoms with Crippen molar-refractivity contribution in [3.63, 3.8) is 0 Å². The normalized spacial score (nSPS) is 13.5. The molecule has 0 unspecified atom stereocenters. The first-order valence-electron chi connectivity index (χ1n) is 6.93. The van der Waals surface area contributed by atoms with Crippen LogP contribution < -0.4 is 5.32 Å². The molecule has 0 saturated heterocycles. The molecule has 0 saturated carbocycles. The van der Waals surface area contributed by atoms with Gasteiger partial charge in [0.1, 0.15) is 16.4 Å². The summed E-state index contributed by atoms with van der Waals surface area (Å²) in [4.78, 5) is 11.6. The number of hydrogen-bond acceptors (Lipinski definition) is 5. The van der Waals surface area contributed by atoms with E-state index in [1.165, 1.54) is 21.4 Å². The molecule has 3 aromatic rings. The Kier molecular flexibility index (Phi) is 2.82. The van der Waals surface area contributed by atoms with E-state index in [9.17, 15) is 0 Å². The molecule has 4 nitrogen and oxygen atoms in total. The number of nitrogens with zero attached hydrogens (tertiary/aromatic N) is 2. The number of rotatable bonds is 2. The maximum Gasteiger partial charge on any atom is 0.139 e. The predicted octanol–water partition coefficient (Wildman–Crippen LogP) is 3.56. The molecular weight excluding hydrogens is 282 g/mol. The zero-order valence-corrected chi connectivity index (χ0v) is 12.8. The van der Waals surface area contributed by atoms with E-state index in [0.717, 1.165) is 28.7 Å². The number of furan rings is 1. The molecule has 0 atom stereocenters. The molecule has 5 heteroatoms. The molecule has 1 aliphatic heterocycles. The van der Waals surface area contributed by atoms with Gasteiger partial charge in [-0.25, -0.2) is 4.98 Å². The van der Waals surface area contributed by atoms with Crippen LogP contribution in [0.15, 0.2) is 33.9 Å². The second kappa shape index (κ2) is 4.70. The van der Waals surface area contributed by atoms with Gasteiger partial charge in [-0.2, -0.15) is 0 Å². The van der Waals surface area contributed by atoms with E-state index in [1.54, 1.807) is 17.6 Å². The molecule has 4 rings (SSSR count). The first-order valence-corrected chi connectivity index (χ1v) is 7.74. The van der Waals surface area contributed by atoms with Crippen LogP contribution in [-0.2, 0) is 13.1 Å². The molecule has 0 bridgehead atoms.